The van der Waals surface area contributed by atoms with E-state index in [4.69, 9.17) is 10.5 Å². The van der Waals surface area contributed by atoms with Gasteiger partial charge in [0.15, 0.2) is 0 Å². The lowest BCUT2D eigenvalue weighted by molar-refractivity contribution is 0.138. The minimum Gasteiger partial charge on any atom is -0.447 e. The van der Waals surface area contributed by atoms with Crippen molar-refractivity contribution in [1.82, 2.24) is 9.78 Å². The highest BCUT2D eigenvalue weighted by molar-refractivity contribution is 5.64. The van der Waals surface area contributed by atoms with E-state index in [1.807, 2.05) is 49.5 Å². The summed E-state index contributed by atoms with van der Waals surface area (Å²) in [4.78, 5) is 10.5. The molecule has 5 nitrogen and oxygen atoms in total. The van der Waals surface area contributed by atoms with Crippen molar-refractivity contribution in [1.29, 1.82) is 0 Å². The molecule has 2 N–H and O–H groups in total. The van der Waals surface area contributed by atoms with Crippen LogP contribution >= 0.6 is 0 Å². The first-order valence-corrected chi connectivity index (χ1v) is 5.69. The molecule has 0 aliphatic rings. The van der Waals surface area contributed by atoms with Crippen molar-refractivity contribution in [3.8, 4) is 11.3 Å². The first-order chi connectivity index (χ1) is 8.66. The molecule has 2 aromatic rings. The third-order valence-corrected chi connectivity index (χ3v) is 2.60. The van der Waals surface area contributed by atoms with Crippen LogP contribution in [0.4, 0.5) is 4.79 Å². The number of hydrogen-bond acceptors (Lipinski definition) is 3. The van der Waals surface area contributed by atoms with Crippen LogP contribution in [0.3, 0.4) is 0 Å². The van der Waals surface area contributed by atoms with Crippen molar-refractivity contribution in [2.75, 3.05) is 6.61 Å². The highest BCUT2D eigenvalue weighted by atomic mass is 16.5. The van der Waals surface area contributed by atoms with Gasteiger partial charge in [-0.3, -0.25) is 4.68 Å². The minimum absolute atomic E-state index is 0.0463. The molecule has 0 fully saturated rings. The zero-order valence-corrected chi connectivity index (χ0v) is 10.1. The van der Waals surface area contributed by atoms with Crippen molar-refractivity contribution in [2.24, 2.45) is 5.73 Å². The van der Waals surface area contributed by atoms with Gasteiger partial charge in [0.05, 0.1) is 11.7 Å². The van der Waals surface area contributed by atoms with Crippen LogP contribution in [-0.2, 0) is 4.74 Å². The normalized spacial score (nSPS) is 12.1. The number of ether oxygens (including phenoxy) is 1. The summed E-state index contributed by atoms with van der Waals surface area (Å²) in [6, 6.07) is 11.8. The van der Waals surface area contributed by atoms with Gasteiger partial charge in [-0.25, -0.2) is 4.79 Å². The highest BCUT2D eigenvalue weighted by Crippen LogP contribution is 2.17. The summed E-state index contributed by atoms with van der Waals surface area (Å²) in [6.07, 6.45) is 1.09. The zero-order valence-electron chi connectivity index (χ0n) is 10.1. The summed E-state index contributed by atoms with van der Waals surface area (Å²) >= 11 is 0. The van der Waals surface area contributed by atoms with Crippen molar-refractivity contribution >= 4 is 6.09 Å². The molecule has 1 aromatic carbocycles. The fraction of sp³-hybridized carbons (Fsp3) is 0.231. The van der Waals surface area contributed by atoms with E-state index in [1.54, 1.807) is 4.68 Å². The van der Waals surface area contributed by atoms with Crippen LogP contribution < -0.4 is 5.73 Å². The lowest BCUT2D eigenvalue weighted by Gasteiger charge is -2.11. The standard InChI is InChI=1S/C13H15N3O2/c1-10(9-18-13(14)17)16-8-7-12(15-16)11-5-3-2-4-6-11/h2-8,10H,9H2,1H3,(H2,14,17). The Morgan fingerprint density at radius 3 is 2.78 bits per heavy atom. The van der Waals surface area contributed by atoms with Gasteiger partial charge in [-0.1, -0.05) is 30.3 Å². The quantitative estimate of drug-likeness (QED) is 0.897. The molecule has 0 radical (unpaired) electrons. The first kappa shape index (κ1) is 12.2. The van der Waals surface area contributed by atoms with E-state index in [-0.39, 0.29) is 12.6 Å². The van der Waals surface area contributed by atoms with E-state index < -0.39 is 6.09 Å². The largest absolute Gasteiger partial charge is 0.447 e. The Morgan fingerprint density at radius 2 is 2.11 bits per heavy atom. The monoisotopic (exact) mass is 245 g/mol. The maximum absolute atomic E-state index is 10.5. The molecule has 0 saturated carbocycles. The predicted octanol–water partition coefficient (Wildman–Crippen LogP) is 2.21. The molecule has 0 spiro atoms. The fourth-order valence-electron chi connectivity index (χ4n) is 1.63. The topological polar surface area (TPSA) is 70.1 Å². The Bertz CT molecular complexity index is 522. The van der Waals surface area contributed by atoms with Crippen LogP contribution in [0.2, 0.25) is 0 Å². The van der Waals surface area contributed by atoms with E-state index in [9.17, 15) is 4.79 Å². The van der Waals surface area contributed by atoms with Crippen molar-refractivity contribution in [3.63, 3.8) is 0 Å². The number of benzene rings is 1. The van der Waals surface area contributed by atoms with Crippen LogP contribution in [0.15, 0.2) is 42.6 Å². The van der Waals surface area contributed by atoms with Crippen LogP contribution in [-0.4, -0.2) is 22.5 Å². The second kappa shape index (κ2) is 5.35. The number of carbonyl (C=O) groups is 1. The van der Waals surface area contributed by atoms with Crippen LogP contribution in [0.5, 0.6) is 0 Å². The van der Waals surface area contributed by atoms with Gasteiger partial charge in [-0.2, -0.15) is 5.10 Å². The minimum atomic E-state index is -0.766. The number of hydrogen-bond donors (Lipinski definition) is 1. The molecule has 0 saturated heterocycles. The average molecular weight is 245 g/mol. The lowest BCUT2D eigenvalue weighted by Crippen LogP contribution is -2.19. The molecule has 0 aliphatic heterocycles. The average Bonchev–Trinajstić information content (AvgIpc) is 2.86. The van der Waals surface area contributed by atoms with Gasteiger partial charge in [-0.05, 0) is 13.0 Å². The molecular weight excluding hydrogens is 230 g/mol. The summed E-state index contributed by atoms with van der Waals surface area (Å²) in [6.45, 7) is 2.12. The Labute approximate surface area is 105 Å². The third kappa shape index (κ3) is 2.88. The van der Waals surface area contributed by atoms with E-state index in [0.717, 1.165) is 11.3 Å². The van der Waals surface area contributed by atoms with Gasteiger partial charge in [0.25, 0.3) is 0 Å². The van der Waals surface area contributed by atoms with Crippen LogP contribution in [0.25, 0.3) is 11.3 Å². The van der Waals surface area contributed by atoms with E-state index in [2.05, 4.69) is 5.10 Å². The molecule has 2 rings (SSSR count). The summed E-state index contributed by atoms with van der Waals surface area (Å²) in [5, 5.41) is 4.44. The number of aromatic nitrogens is 2. The maximum atomic E-state index is 10.5. The van der Waals surface area contributed by atoms with E-state index in [0.29, 0.717) is 0 Å². The SMILES string of the molecule is CC(COC(N)=O)n1ccc(-c2ccccc2)n1. The molecule has 5 heteroatoms. The van der Waals surface area contributed by atoms with Crippen molar-refractivity contribution in [2.45, 2.75) is 13.0 Å². The summed E-state index contributed by atoms with van der Waals surface area (Å²) < 4.78 is 6.51. The van der Waals surface area contributed by atoms with Gasteiger partial charge in [0.1, 0.15) is 6.61 Å². The fourth-order valence-corrected chi connectivity index (χ4v) is 1.63. The highest BCUT2D eigenvalue weighted by Gasteiger charge is 2.09. The Morgan fingerprint density at radius 1 is 1.39 bits per heavy atom. The molecule has 1 amide bonds. The molecule has 0 aliphatic carbocycles. The summed E-state index contributed by atoms with van der Waals surface area (Å²) in [5.41, 5.74) is 6.87. The number of carbonyl (C=O) groups excluding carboxylic acids is 1. The third-order valence-electron chi connectivity index (χ3n) is 2.60. The van der Waals surface area contributed by atoms with Crippen LogP contribution in [0, 0.1) is 0 Å². The van der Waals surface area contributed by atoms with Gasteiger partial charge >= 0.3 is 6.09 Å². The first-order valence-electron chi connectivity index (χ1n) is 5.69. The van der Waals surface area contributed by atoms with Gasteiger partial charge < -0.3 is 10.5 Å². The molecule has 94 valence electrons. The van der Waals surface area contributed by atoms with Crippen molar-refractivity contribution in [3.05, 3.63) is 42.6 Å². The van der Waals surface area contributed by atoms with E-state index in [1.165, 1.54) is 0 Å². The predicted molar refractivity (Wildman–Crippen MR) is 67.9 cm³/mol. The Balaban J connectivity index is 2.08. The second-order valence-electron chi connectivity index (χ2n) is 4.03. The van der Waals surface area contributed by atoms with Gasteiger partial charge in [0.2, 0.25) is 0 Å². The lowest BCUT2D eigenvalue weighted by atomic mass is 10.2. The Kier molecular flexibility index (Phi) is 3.62. The zero-order chi connectivity index (χ0) is 13.0. The molecule has 1 unspecified atom stereocenters. The summed E-state index contributed by atoms with van der Waals surface area (Å²) in [7, 11) is 0. The number of amides is 1. The molecule has 18 heavy (non-hydrogen) atoms. The van der Waals surface area contributed by atoms with Crippen LogP contribution in [0.1, 0.15) is 13.0 Å². The molecular formula is C13H15N3O2. The van der Waals surface area contributed by atoms with E-state index >= 15 is 0 Å². The number of primary amides is 1. The molecule has 0 bridgehead atoms. The molecule has 1 heterocycles. The van der Waals surface area contributed by atoms with Crippen molar-refractivity contribution < 1.29 is 9.53 Å². The Hall–Kier alpha value is -2.30. The maximum Gasteiger partial charge on any atom is 0.404 e. The number of nitrogens with zero attached hydrogens (tertiary/aromatic N) is 2. The number of nitrogens with two attached hydrogens (primary N) is 1. The smallest absolute Gasteiger partial charge is 0.404 e. The van der Waals surface area contributed by atoms with Gasteiger partial charge in [0, 0.05) is 11.8 Å². The molecule has 1 atom stereocenters. The second-order valence-corrected chi connectivity index (χ2v) is 4.03. The van der Waals surface area contributed by atoms with Gasteiger partial charge in [-0.15, -0.1) is 0 Å². The molecule has 1 aromatic heterocycles. The number of rotatable bonds is 4. The summed E-state index contributed by atoms with van der Waals surface area (Å²) in [5.74, 6) is 0.